The number of carbonyl (C=O) groups excluding carboxylic acids is 1. The van der Waals surface area contributed by atoms with Gasteiger partial charge >= 0.3 is 0 Å². The number of rotatable bonds is 5. The van der Waals surface area contributed by atoms with E-state index in [0.29, 0.717) is 22.4 Å². The molecule has 4 rings (SSSR count). The average Bonchev–Trinajstić information content (AvgIpc) is 3.31. The summed E-state index contributed by atoms with van der Waals surface area (Å²) >= 11 is 3.55. The maximum atomic E-state index is 12.3. The van der Waals surface area contributed by atoms with Gasteiger partial charge in [0.05, 0.1) is 17.2 Å². The minimum Gasteiger partial charge on any atom is -0.494 e. The van der Waals surface area contributed by atoms with E-state index in [4.69, 9.17) is 9.15 Å². The maximum Gasteiger partial charge on any atom is 0.264 e. The Morgan fingerprint density at radius 3 is 2.59 bits per heavy atom. The summed E-state index contributed by atoms with van der Waals surface area (Å²) in [6.07, 6.45) is 1.73. The molecular formula is C22H17IN2O3S. The maximum absolute atomic E-state index is 12.3. The smallest absolute Gasteiger partial charge is 0.264 e. The fourth-order valence-corrected chi connectivity index (χ4v) is 3.89. The SMILES string of the molecule is CCOc1ccc(N=C2NC(=O)/C(=C/c3ccc(-c4ccc(I)cc4)o3)S2)cc1. The van der Waals surface area contributed by atoms with Crippen LogP contribution >= 0.6 is 34.4 Å². The zero-order valence-electron chi connectivity index (χ0n) is 15.5. The lowest BCUT2D eigenvalue weighted by Crippen LogP contribution is -2.19. The molecular weight excluding hydrogens is 499 g/mol. The number of halogens is 1. The van der Waals surface area contributed by atoms with E-state index in [2.05, 4.69) is 32.9 Å². The van der Waals surface area contributed by atoms with Gasteiger partial charge in [0.2, 0.25) is 0 Å². The zero-order valence-corrected chi connectivity index (χ0v) is 18.5. The standard InChI is InChI=1S/C22H17IN2O3S/c1-2-27-17-9-7-16(8-10-17)24-22-25-21(26)20(29-22)13-18-11-12-19(28-18)14-3-5-15(23)6-4-14/h3-13H,2H2,1H3,(H,24,25,26)/b20-13-. The van der Waals surface area contributed by atoms with Crippen LogP contribution in [-0.2, 0) is 4.79 Å². The first-order valence-electron chi connectivity index (χ1n) is 8.99. The number of nitrogens with one attached hydrogen (secondary N) is 1. The number of amides is 1. The van der Waals surface area contributed by atoms with Crippen LogP contribution < -0.4 is 10.1 Å². The molecule has 0 aliphatic carbocycles. The lowest BCUT2D eigenvalue weighted by atomic mass is 10.2. The summed E-state index contributed by atoms with van der Waals surface area (Å²) in [5.41, 5.74) is 1.74. The first-order chi connectivity index (χ1) is 14.1. The third-order valence-corrected chi connectivity index (χ3v) is 5.69. The fraction of sp³-hybridized carbons (Fsp3) is 0.0909. The first kappa shape index (κ1) is 19.8. The quantitative estimate of drug-likeness (QED) is 0.342. The van der Waals surface area contributed by atoms with Gasteiger partial charge in [-0.2, -0.15) is 0 Å². The second-order valence-electron chi connectivity index (χ2n) is 6.12. The van der Waals surface area contributed by atoms with Crippen LogP contribution in [0.15, 0.2) is 75.0 Å². The molecule has 5 nitrogen and oxygen atoms in total. The van der Waals surface area contributed by atoms with Crippen molar-refractivity contribution in [2.75, 3.05) is 6.61 Å². The molecule has 0 spiro atoms. The van der Waals surface area contributed by atoms with E-state index in [0.717, 1.165) is 22.8 Å². The molecule has 0 bridgehead atoms. The summed E-state index contributed by atoms with van der Waals surface area (Å²) < 4.78 is 12.5. The van der Waals surface area contributed by atoms with Gasteiger partial charge in [-0.15, -0.1) is 0 Å². The van der Waals surface area contributed by atoms with Crippen molar-refractivity contribution in [2.45, 2.75) is 6.92 Å². The molecule has 0 saturated carbocycles. The number of amidine groups is 1. The Morgan fingerprint density at radius 2 is 1.86 bits per heavy atom. The molecule has 2 aromatic carbocycles. The van der Waals surface area contributed by atoms with Gasteiger partial charge in [-0.05, 0) is 89.8 Å². The molecule has 0 unspecified atom stereocenters. The van der Waals surface area contributed by atoms with Crippen molar-refractivity contribution in [3.63, 3.8) is 0 Å². The highest BCUT2D eigenvalue weighted by Crippen LogP contribution is 2.30. The number of ether oxygens (including phenoxy) is 1. The van der Waals surface area contributed by atoms with Crippen LogP contribution in [0.2, 0.25) is 0 Å². The number of hydrogen-bond donors (Lipinski definition) is 1. The molecule has 7 heteroatoms. The number of nitrogens with zero attached hydrogens (tertiary/aromatic N) is 1. The summed E-state index contributed by atoms with van der Waals surface area (Å²) in [6.45, 7) is 2.56. The summed E-state index contributed by atoms with van der Waals surface area (Å²) in [7, 11) is 0. The molecule has 1 amide bonds. The molecule has 0 radical (unpaired) electrons. The molecule has 3 aromatic rings. The summed E-state index contributed by atoms with van der Waals surface area (Å²) in [5, 5.41) is 3.33. The lowest BCUT2D eigenvalue weighted by Gasteiger charge is -2.02. The van der Waals surface area contributed by atoms with Gasteiger partial charge in [-0.1, -0.05) is 12.1 Å². The predicted molar refractivity (Wildman–Crippen MR) is 125 cm³/mol. The van der Waals surface area contributed by atoms with Crippen LogP contribution in [0.4, 0.5) is 5.69 Å². The van der Waals surface area contributed by atoms with Gasteiger partial charge in [0, 0.05) is 15.2 Å². The Hall–Kier alpha value is -2.52. The number of carbonyl (C=O) groups is 1. The van der Waals surface area contributed by atoms with Crippen molar-refractivity contribution in [3.8, 4) is 17.1 Å². The van der Waals surface area contributed by atoms with Crippen molar-refractivity contribution >= 4 is 57.2 Å². The van der Waals surface area contributed by atoms with Gasteiger partial charge in [-0.3, -0.25) is 4.79 Å². The number of hydrogen-bond acceptors (Lipinski definition) is 5. The third kappa shape index (κ3) is 4.91. The molecule has 1 fully saturated rings. The highest BCUT2D eigenvalue weighted by atomic mass is 127. The van der Waals surface area contributed by atoms with Gasteiger partial charge in [0.15, 0.2) is 5.17 Å². The van der Waals surface area contributed by atoms with Crippen molar-refractivity contribution < 1.29 is 13.9 Å². The Bertz CT molecular complexity index is 1090. The van der Waals surface area contributed by atoms with Crippen LogP contribution in [0.25, 0.3) is 17.4 Å². The molecule has 0 atom stereocenters. The molecule has 2 heterocycles. The first-order valence-corrected chi connectivity index (χ1v) is 10.9. The van der Waals surface area contributed by atoms with E-state index in [9.17, 15) is 4.79 Å². The molecule has 1 aromatic heterocycles. The molecule has 1 aliphatic heterocycles. The molecule has 146 valence electrons. The normalized spacial score (nSPS) is 16.4. The van der Waals surface area contributed by atoms with Crippen LogP contribution in [0.1, 0.15) is 12.7 Å². The summed E-state index contributed by atoms with van der Waals surface area (Å²) in [6, 6.07) is 19.3. The van der Waals surface area contributed by atoms with E-state index >= 15 is 0 Å². The minimum atomic E-state index is -0.188. The Labute approximate surface area is 186 Å². The topological polar surface area (TPSA) is 63.8 Å². The predicted octanol–water partition coefficient (Wildman–Crippen LogP) is 5.84. The van der Waals surface area contributed by atoms with E-state index in [1.807, 2.05) is 67.6 Å². The van der Waals surface area contributed by atoms with Gasteiger partial charge < -0.3 is 14.5 Å². The monoisotopic (exact) mass is 516 g/mol. The second kappa shape index (κ2) is 8.87. The van der Waals surface area contributed by atoms with Crippen LogP contribution in [0, 0.1) is 3.57 Å². The number of aliphatic imine (C=N–C) groups is 1. The van der Waals surface area contributed by atoms with Crippen LogP contribution in [0.3, 0.4) is 0 Å². The van der Waals surface area contributed by atoms with E-state index < -0.39 is 0 Å². The largest absolute Gasteiger partial charge is 0.494 e. The van der Waals surface area contributed by atoms with Crippen LogP contribution in [-0.4, -0.2) is 17.7 Å². The van der Waals surface area contributed by atoms with Gasteiger partial charge in [-0.25, -0.2) is 4.99 Å². The van der Waals surface area contributed by atoms with Gasteiger partial charge in [0.1, 0.15) is 17.3 Å². The number of furan rings is 1. The highest BCUT2D eigenvalue weighted by molar-refractivity contribution is 14.1. The zero-order chi connectivity index (χ0) is 20.2. The Balaban J connectivity index is 1.49. The van der Waals surface area contributed by atoms with Crippen molar-refractivity contribution in [1.29, 1.82) is 0 Å². The Morgan fingerprint density at radius 1 is 1.10 bits per heavy atom. The Kier molecular flexibility index (Phi) is 6.05. The van der Waals surface area contributed by atoms with Gasteiger partial charge in [0.25, 0.3) is 5.91 Å². The second-order valence-corrected chi connectivity index (χ2v) is 8.39. The van der Waals surface area contributed by atoms with E-state index in [1.165, 1.54) is 15.3 Å². The van der Waals surface area contributed by atoms with Crippen LogP contribution in [0.5, 0.6) is 5.75 Å². The minimum absolute atomic E-state index is 0.188. The number of benzene rings is 2. The molecule has 1 aliphatic rings. The molecule has 1 saturated heterocycles. The van der Waals surface area contributed by atoms with Crippen molar-refractivity contribution in [1.82, 2.24) is 5.32 Å². The third-order valence-electron chi connectivity index (χ3n) is 4.06. The highest BCUT2D eigenvalue weighted by Gasteiger charge is 2.24. The van der Waals surface area contributed by atoms with E-state index in [1.54, 1.807) is 6.08 Å². The average molecular weight is 516 g/mol. The number of thioether (sulfide) groups is 1. The van der Waals surface area contributed by atoms with E-state index in [-0.39, 0.29) is 5.91 Å². The fourth-order valence-electron chi connectivity index (χ4n) is 2.71. The molecule has 1 N–H and O–H groups in total. The summed E-state index contributed by atoms with van der Waals surface area (Å²) in [5.74, 6) is 1.99. The summed E-state index contributed by atoms with van der Waals surface area (Å²) in [4.78, 5) is 17.3. The van der Waals surface area contributed by atoms with Crippen molar-refractivity contribution in [2.24, 2.45) is 4.99 Å². The van der Waals surface area contributed by atoms with Crippen molar-refractivity contribution in [3.05, 3.63) is 74.9 Å². The molecule has 29 heavy (non-hydrogen) atoms. The lowest BCUT2D eigenvalue weighted by molar-refractivity contribution is -0.115.